The van der Waals surface area contributed by atoms with Crippen LogP contribution >= 0.6 is 0 Å². The molecule has 0 bridgehead atoms. The third-order valence-corrected chi connectivity index (χ3v) is 8.07. The molecule has 7 rings (SSSR count). The maximum atomic E-state index is 12.9. The Labute approximate surface area is 265 Å². The average Bonchev–Trinajstić information content (AvgIpc) is 3.54. The summed E-state index contributed by atoms with van der Waals surface area (Å²) in [6, 6.07) is 23.4. The molecule has 0 saturated carbocycles. The van der Waals surface area contributed by atoms with E-state index in [1.807, 2.05) is 36.5 Å². The van der Waals surface area contributed by atoms with Gasteiger partial charge in [-0.05, 0) is 41.3 Å². The summed E-state index contributed by atoms with van der Waals surface area (Å²) in [5.41, 5.74) is 7.30. The summed E-state index contributed by atoms with van der Waals surface area (Å²) in [5, 5.41) is 9.59. The molecule has 224 valence electrons. The SMILES string of the molecule is [C-]#[N+]C=[N+]1c2cc(-c3ccc(C(C)=O)cc3)ccc2-c2nc3c(nc21)-c1ccc(-c2ccc(C(=O)C(F)(F)F)cc2)cc1C3=NC#N. The molecule has 0 amide bonds. The van der Waals surface area contributed by atoms with E-state index in [0.29, 0.717) is 56.4 Å². The number of alkyl halides is 3. The molecule has 0 fully saturated rings. The summed E-state index contributed by atoms with van der Waals surface area (Å²) in [6.07, 6.45) is -1.81. The van der Waals surface area contributed by atoms with Gasteiger partial charge in [-0.1, -0.05) is 66.7 Å². The quantitative estimate of drug-likeness (QED) is 0.0654. The van der Waals surface area contributed by atoms with Crippen molar-refractivity contribution in [2.75, 3.05) is 0 Å². The highest BCUT2D eigenvalue weighted by molar-refractivity contribution is 6.24. The van der Waals surface area contributed by atoms with Crippen LogP contribution < -0.4 is 4.58 Å². The van der Waals surface area contributed by atoms with Gasteiger partial charge in [-0.3, -0.25) is 9.59 Å². The number of aliphatic imine (C=N–C) groups is 1. The Morgan fingerprint density at radius 3 is 2.00 bits per heavy atom. The van der Waals surface area contributed by atoms with Gasteiger partial charge in [0.05, 0.1) is 5.56 Å². The Balaban J connectivity index is 1.30. The van der Waals surface area contributed by atoms with Crippen LogP contribution in [0.1, 0.15) is 38.9 Å². The molecule has 8 nitrogen and oxygen atoms in total. The molecule has 1 aromatic heterocycles. The van der Waals surface area contributed by atoms with E-state index in [2.05, 4.69) is 9.84 Å². The fourth-order valence-electron chi connectivity index (χ4n) is 5.82. The molecule has 0 spiro atoms. The molecule has 1 aliphatic carbocycles. The van der Waals surface area contributed by atoms with Crippen molar-refractivity contribution in [3.63, 3.8) is 0 Å². The number of fused-ring (bicyclic) bond motifs is 6. The molecule has 1 aliphatic heterocycles. The summed E-state index contributed by atoms with van der Waals surface area (Å²) < 4.78 is 40.3. The van der Waals surface area contributed by atoms with Gasteiger partial charge in [-0.2, -0.15) is 37.8 Å². The highest BCUT2D eigenvalue weighted by Gasteiger charge is 2.40. The minimum atomic E-state index is -4.97. The fraction of sp³-hybridized carbons (Fsp3) is 0.0556. The molecule has 0 radical (unpaired) electrons. The molecule has 47 heavy (non-hydrogen) atoms. The van der Waals surface area contributed by atoms with Gasteiger partial charge < -0.3 is 0 Å². The van der Waals surface area contributed by atoms with Crippen LogP contribution in [0.15, 0.2) is 89.9 Å². The first-order valence-corrected chi connectivity index (χ1v) is 14.1. The van der Waals surface area contributed by atoms with Crippen LogP contribution in [0.3, 0.4) is 0 Å². The van der Waals surface area contributed by atoms with Gasteiger partial charge in [-0.15, -0.1) is 0 Å². The van der Waals surface area contributed by atoms with Crippen molar-refractivity contribution in [2.45, 2.75) is 13.1 Å². The largest absolute Gasteiger partial charge is 0.454 e. The van der Waals surface area contributed by atoms with Crippen LogP contribution in [-0.2, 0) is 0 Å². The van der Waals surface area contributed by atoms with Gasteiger partial charge in [-0.25, -0.2) is 4.98 Å². The Bertz CT molecular complexity index is 2340. The van der Waals surface area contributed by atoms with Gasteiger partial charge in [0, 0.05) is 28.3 Å². The number of ketones is 2. The first-order chi connectivity index (χ1) is 22.6. The van der Waals surface area contributed by atoms with Crippen molar-refractivity contribution in [3.8, 4) is 51.0 Å². The second-order valence-electron chi connectivity index (χ2n) is 10.8. The van der Waals surface area contributed by atoms with E-state index in [4.69, 9.17) is 16.5 Å². The summed E-state index contributed by atoms with van der Waals surface area (Å²) in [4.78, 5) is 40.8. The number of nitriles is 1. The molecular weight excluding hydrogens is 605 g/mol. The molecule has 0 N–H and O–H groups in total. The number of benzene rings is 4. The number of halogens is 3. The van der Waals surface area contributed by atoms with Crippen molar-refractivity contribution in [2.24, 2.45) is 4.99 Å². The zero-order valence-corrected chi connectivity index (χ0v) is 24.3. The lowest BCUT2D eigenvalue weighted by Gasteiger charge is -2.08. The smallest absolute Gasteiger partial charge is 0.295 e. The van der Waals surface area contributed by atoms with Crippen LogP contribution in [0.25, 0.3) is 49.6 Å². The lowest BCUT2D eigenvalue weighted by Crippen LogP contribution is -2.22. The molecule has 0 unspecified atom stereocenters. The predicted octanol–water partition coefficient (Wildman–Crippen LogP) is 7.82. The first-order valence-electron chi connectivity index (χ1n) is 14.1. The van der Waals surface area contributed by atoms with Gasteiger partial charge in [0.2, 0.25) is 11.9 Å². The standard InChI is InChI=1S/C36H18F3N6O2/c1-19(46)20-3-5-22(6-4-20)25-12-14-27-29(16-25)45(18-41-2)35-32(27)43-33-30(42-17-40)28-15-24(11-13-26(28)31(33)44-35)21-7-9-23(10-8-21)34(47)36(37,38)39/h3-16,18H,1H3/q+1. The zero-order chi connectivity index (χ0) is 33.0. The van der Waals surface area contributed by atoms with Crippen LogP contribution in [0, 0.1) is 18.0 Å². The fourth-order valence-corrected chi connectivity index (χ4v) is 5.82. The maximum Gasteiger partial charge on any atom is 0.454 e. The number of hydrogen-bond donors (Lipinski definition) is 0. The van der Waals surface area contributed by atoms with E-state index >= 15 is 0 Å². The van der Waals surface area contributed by atoms with Crippen molar-refractivity contribution in [1.82, 2.24) is 14.5 Å². The minimum Gasteiger partial charge on any atom is -0.295 e. The highest BCUT2D eigenvalue weighted by atomic mass is 19.4. The molecule has 0 saturated heterocycles. The van der Waals surface area contributed by atoms with E-state index in [1.165, 1.54) is 25.4 Å². The third-order valence-electron chi connectivity index (χ3n) is 8.07. The number of rotatable bonds is 4. The molecule has 2 aliphatic rings. The van der Waals surface area contributed by atoms with Crippen LogP contribution in [-0.4, -0.2) is 39.8 Å². The van der Waals surface area contributed by atoms with Crippen LogP contribution in [0.2, 0.25) is 0 Å². The highest BCUT2D eigenvalue weighted by Crippen LogP contribution is 2.47. The first kappa shape index (κ1) is 29.1. The molecule has 11 heteroatoms. The van der Waals surface area contributed by atoms with E-state index < -0.39 is 17.5 Å². The topological polar surface area (TPSA) is 103 Å². The van der Waals surface area contributed by atoms with E-state index in [-0.39, 0.29) is 11.5 Å². The number of carbonyl (C=O) groups excluding carboxylic acids is 2. The molecule has 2 heterocycles. The summed E-state index contributed by atoms with van der Waals surface area (Å²) in [7, 11) is 0. The number of Topliss-reactive ketones (excluding diaryl/α,β-unsaturated/α-hetero) is 2. The van der Waals surface area contributed by atoms with Crippen molar-refractivity contribution >= 4 is 35.1 Å². The van der Waals surface area contributed by atoms with Gasteiger partial charge in [0.15, 0.2) is 11.5 Å². The number of carbonyl (C=O) groups is 2. The molecule has 0 atom stereocenters. The monoisotopic (exact) mass is 623 g/mol. The van der Waals surface area contributed by atoms with Crippen molar-refractivity contribution < 1.29 is 22.8 Å². The second kappa shape index (κ2) is 10.8. The minimum absolute atomic E-state index is 0.0303. The van der Waals surface area contributed by atoms with Crippen molar-refractivity contribution in [1.29, 1.82) is 5.26 Å². The van der Waals surface area contributed by atoms with Crippen molar-refractivity contribution in [3.05, 3.63) is 119 Å². The summed E-state index contributed by atoms with van der Waals surface area (Å²) in [6.45, 7) is 9.09. The van der Waals surface area contributed by atoms with E-state index in [1.54, 1.807) is 34.9 Å². The lowest BCUT2D eigenvalue weighted by molar-refractivity contribution is -0.0885. The molecule has 5 aromatic rings. The second-order valence-corrected chi connectivity index (χ2v) is 10.8. The number of nitrogens with zero attached hydrogens (tertiary/aromatic N) is 6. The van der Waals surface area contributed by atoms with Crippen LogP contribution in [0.4, 0.5) is 24.7 Å². The Morgan fingerprint density at radius 1 is 0.809 bits per heavy atom. The lowest BCUT2D eigenvalue weighted by atomic mass is 9.98. The van der Waals surface area contributed by atoms with Gasteiger partial charge in [0.1, 0.15) is 23.7 Å². The van der Waals surface area contributed by atoms with Gasteiger partial charge >= 0.3 is 18.3 Å². The average molecular weight is 624 g/mol. The Hall–Kier alpha value is -6.59. The maximum absolute atomic E-state index is 12.9. The Morgan fingerprint density at radius 2 is 1.40 bits per heavy atom. The predicted molar refractivity (Wildman–Crippen MR) is 170 cm³/mol. The number of aromatic nitrogens is 2. The zero-order valence-electron chi connectivity index (χ0n) is 24.3. The summed E-state index contributed by atoms with van der Waals surface area (Å²) in [5.74, 6) is -1.53. The molecular formula is C36H18F3N6O2+. The van der Waals surface area contributed by atoms with E-state index in [0.717, 1.165) is 28.8 Å². The third kappa shape index (κ3) is 4.78. The van der Waals surface area contributed by atoms with Crippen LogP contribution in [0.5, 0.6) is 0 Å². The van der Waals surface area contributed by atoms with E-state index in [9.17, 15) is 28.0 Å². The van der Waals surface area contributed by atoms with Gasteiger partial charge in [0.25, 0.3) is 5.78 Å². The molecule has 4 aromatic carbocycles. The number of hydrogen-bond acceptors (Lipinski definition) is 6. The summed E-state index contributed by atoms with van der Waals surface area (Å²) >= 11 is 0. The normalized spacial score (nSPS) is 14.2. The Kier molecular flexibility index (Phi) is 6.69.